The molecule has 0 spiro atoms. The van der Waals surface area contributed by atoms with Gasteiger partial charge in [-0.05, 0) is 48.4 Å². The van der Waals surface area contributed by atoms with Crippen LogP contribution in [0.5, 0.6) is 11.5 Å². The second-order valence-electron chi connectivity index (χ2n) is 7.61. The Morgan fingerprint density at radius 3 is 2.41 bits per heavy atom. The predicted molar refractivity (Wildman–Crippen MR) is 115 cm³/mol. The molecule has 0 bridgehead atoms. The maximum absolute atomic E-state index is 6.35. The molecule has 0 aliphatic rings. The average molecular weight is 370 g/mol. The van der Waals surface area contributed by atoms with Crippen molar-refractivity contribution < 1.29 is 9.47 Å². The monoisotopic (exact) mass is 369 g/mol. The third-order valence-corrected chi connectivity index (χ3v) is 4.76. The van der Waals surface area contributed by atoms with Crippen LogP contribution in [0.1, 0.15) is 58.9 Å². The molecular weight excluding hydrogens is 334 g/mol. The normalized spacial score (nSPS) is 13.3. The number of rotatable bonds is 11. The van der Waals surface area contributed by atoms with Crippen LogP contribution in [0.3, 0.4) is 0 Å². The minimum Gasteiger partial charge on any atom is -0.493 e. The van der Waals surface area contributed by atoms with Gasteiger partial charge in [-0.3, -0.25) is 0 Å². The summed E-state index contributed by atoms with van der Waals surface area (Å²) in [6, 6.07) is 16.6. The zero-order chi connectivity index (χ0) is 19.6. The van der Waals surface area contributed by atoms with Crippen molar-refractivity contribution in [2.45, 2.75) is 59.5 Å². The van der Waals surface area contributed by atoms with Crippen LogP contribution >= 0.6 is 0 Å². The minimum absolute atomic E-state index is 0.121. The van der Waals surface area contributed by atoms with Crippen LogP contribution in [0, 0.1) is 5.92 Å². The fourth-order valence-electron chi connectivity index (χ4n) is 2.85. The maximum Gasteiger partial charge on any atom is 0.123 e. The molecule has 0 saturated heterocycles. The molecule has 0 heterocycles. The van der Waals surface area contributed by atoms with Crippen LogP contribution in [0.15, 0.2) is 48.5 Å². The molecule has 2 rings (SSSR count). The molecule has 148 valence electrons. The largest absolute Gasteiger partial charge is 0.493 e. The van der Waals surface area contributed by atoms with Crippen molar-refractivity contribution in [2.24, 2.45) is 5.92 Å². The number of benzene rings is 2. The van der Waals surface area contributed by atoms with Crippen LogP contribution in [0.25, 0.3) is 0 Å². The summed E-state index contributed by atoms with van der Waals surface area (Å²) in [6.07, 6.45) is 2.18. The van der Waals surface area contributed by atoms with Crippen molar-refractivity contribution in [3.63, 3.8) is 0 Å². The molecule has 0 fully saturated rings. The lowest BCUT2D eigenvalue weighted by Crippen LogP contribution is -2.26. The number of para-hydroxylation sites is 1. The lowest BCUT2D eigenvalue weighted by atomic mass is 9.98. The van der Waals surface area contributed by atoms with Gasteiger partial charge in [-0.2, -0.15) is 0 Å². The van der Waals surface area contributed by atoms with E-state index in [4.69, 9.17) is 9.47 Å². The van der Waals surface area contributed by atoms with Crippen LogP contribution in [0.2, 0.25) is 0 Å². The highest BCUT2D eigenvalue weighted by atomic mass is 16.5. The van der Waals surface area contributed by atoms with Crippen LogP contribution in [-0.2, 0) is 0 Å². The lowest BCUT2D eigenvalue weighted by molar-refractivity contribution is 0.207. The summed E-state index contributed by atoms with van der Waals surface area (Å²) in [7, 11) is 0. The van der Waals surface area contributed by atoms with Crippen molar-refractivity contribution in [1.29, 1.82) is 0 Å². The van der Waals surface area contributed by atoms with Crippen molar-refractivity contribution >= 4 is 5.69 Å². The van der Waals surface area contributed by atoms with Gasteiger partial charge in [0, 0.05) is 11.8 Å². The van der Waals surface area contributed by atoms with E-state index in [9.17, 15) is 0 Å². The zero-order valence-corrected chi connectivity index (χ0v) is 17.5. The molecule has 0 aliphatic carbocycles. The molecule has 2 atom stereocenters. The number of nitrogens with one attached hydrogen (secondary N) is 1. The number of anilines is 1. The van der Waals surface area contributed by atoms with E-state index in [2.05, 4.69) is 76.3 Å². The van der Waals surface area contributed by atoms with E-state index < -0.39 is 0 Å². The predicted octanol–water partition coefficient (Wildman–Crippen LogP) is 6.50. The first-order chi connectivity index (χ1) is 13.0. The summed E-state index contributed by atoms with van der Waals surface area (Å²) in [4.78, 5) is 0. The van der Waals surface area contributed by atoms with Gasteiger partial charge in [0.2, 0.25) is 0 Å². The van der Waals surface area contributed by atoms with E-state index in [0.29, 0.717) is 11.8 Å². The van der Waals surface area contributed by atoms with E-state index in [-0.39, 0.29) is 6.10 Å². The van der Waals surface area contributed by atoms with Crippen LogP contribution in [-0.4, -0.2) is 19.3 Å². The molecule has 0 amide bonds. The Morgan fingerprint density at radius 2 is 1.70 bits per heavy atom. The SMILES string of the molecule is CC[C@H](CNc1cccc(OCC(C)C)c1)Oc1ccccc1[C@H](C)CC. The van der Waals surface area contributed by atoms with E-state index >= 15 is 0 Å². The summed E-state index contributed by atoms with van der Waals surface area (Å²) in [5, 5.41) is 3.50. The third kappa shape index (κ3) is 6.82. The van der Waals surface area contributed by atoms with Gasteiger partial charge < -0.3 is 14.8 Å². The molecule has 0 unspecified atom stereocenters. The van der Waals surface area contributed by atoms with Gasteiger partial charge in [-0.15, -0.1) is 0 Å². The first-order valence-electron chi connectivity index (χ1n) is 10.3. The topological polar surface area (TPSA) is 30.5 Å². The molecular formula is C24H35NO2. The Balaban J connectivity index is 1.97. The Bertz CT molecular complexity index is 684. The van der Waals surface area contributed by atoms with Gasteiger partial charge in [0.1, 0.15) is 17.6 Å². The van der Waals surface area contributed by atoms with Crippen LogP contribution in [0.4, 0.5) is 5.69 Å². The van der Waals surface area contributed by atoms with Gasteiger partial charge >= 0.3 is 0 Å². The average Bonchev–Trinajstić information content (AvgIpc) is 2.69. The van der Waals surface area contributed by atoms with E-state index in [1.54, 1.807) is 0 Å². The van der Waals surface area contributed by atoms with Crippen LogP contribution < -0.4 is 14.8 Å². The second kappa shape index (κ2) is 10.9. The maximum atomic E-state index is 6.35. The van der Waals surface area contributed by atoms with E-state index in [0.717, 1.165) is 43.2 Å². The molecule has 0 saturated carbocycles. The van der Waals surface area contributed by atoms with Crippen molar-refractivity contribution in [1.82, 2.24) is 0 Å². The second-order valence-corrected chi connectivity index (χ2v) is 7.61. The molecule has 0 aliphatic heterocycles. The lowest BCUT2D eigenvalue weighted by Gasteiger charge is -2.22. The molecule has 3 heteroatoms. The third-order valence-electron chi connectivity index (χ3n) is 4.76. The van der Waals surface area contributed by atoms with Gasteiger partial charge in [-0.1, -0.05) is 58.9 Å². The summed E-state index contributed by atoms with van der Waals surface area (Å²) in [5.74, 6) is 2.94. The van der Waals surface area contributed by atoms with E-state index in [1.807, 2.05) is 12.1 Å². The van der Waals surface area contributed by atoms with Crippen molar-refractivity contribution in [2.75, 3.05) is 18.5 Å². The van der Waals surface area contributed by atoms with E-state index in [1.165, 1.54) is 5.56 Å². The summed E-state index contributed by atoms with van der Waals surface area (Å²) >= 11 is 0. The fraction of sp³-hybridized carbons (Fsp3) is 0.500. The summed E-state index contributed by atoms with van der Waals surface area (Å²) in [6.45, 7) is 12.4. The Kier molecular flexibility index (Phi) is 8.50. The minimum atomic E-state index is 0.121. The molecule has 2 aromatic rings. The zero-order valence-electron chi connectivity index (χ0n) is 17.5. The number of ether oxygens (including phenoxy) is 2. The van der Waals surface area contributed by atoms with Gasteiger partial charge in [0.05, 0.1) is 13.2 Å². The Hall–Kier alpha value is -2.16. The summed E-state index contributed by atoms with van der Waals surface area (Å²) < 4.78 is 12.2. The first-order valence-corrected chi connectivity index (χ1v) is 10.3. The first kappa shape index (κ1) is 21.1. The molecule has 3 nitrogen and oxygen atoms in total. The standard InChI is InChI=1S/C24H35NO2/c1-6-19(5)23-13-8-9-14-24(23)27-21(7-2)16-25-20-11-10-12-22(15-20)26-17-18(3)4/h8-15,18-19,21,25H,6-7,16-17H2,1-5H3/t19-,21-/m1/s1. The highest BCUT2D eigenvalue weighted by Crippen LogP contribution is 2.29. The smallest absolute Gasteiger partial charge is 0.123 e. The van der Waals surface area contributed by atoms with Crippen molar-refractivity contribution in [3.8, 4) is 11.5 Å². The summed E-state index contributed by atoms with van der Waals surface area (Å²) in [5.41, 5.74) is 2.36. The number of hydrogen-bond donors (Lipinski definition) is 1. The molecule has 2 aromatic carbocycles. The van der Waals surface area contributed by atoms with Gasteiger partial charge in [0.15, 0.2) is 0 Å². The molecule has 1 N–H and O–H groups in total. The van der Waals surface area contributed by atoms with Gasteiger partial charge in [0.25, 0.3) is 0 Å². The highest BCUT2D eigenvalue weighted by Gasteiger charge is 2.14. The molecule has 0 radical (unpaired) electrons. The quantitative estimate of drug-likeness (QED) is 0.490. The highest BCUT2D eigenvalue weighted by molar-refractivity contribution is 5.48. The van der Waals surface area contributed by atoms with Crippen molar-refractivity contribution in [3.05, 3.63) is 54.1 Å². The molecule has 27 heavy (non-hydrogen) atoms. The molecule has 0 aromatic heterocycles. The Labute approximate surface area is 165 Å². The number of hydrogen-bond acceptors (Lipinski definition) is 3. The Morgan fingerprint density at radius 1 is 0.926 bits per heavy atom. The van der Waals surface area contributed by atoms with Gasteiger partial charge in [-0.25, -0.2) is 0 Å². The fourth-order valence-corrected chi connectivity index (χ4v) is 2.85.